The quantitative estimate of drug-likeness (QED) is 0.837. The van der Waals surface area contributed by atoms with Crippen LogP contribution in [0.15, 0.2) is 24.3 Å². The lowest BCUT2D eigenvalue weighted by Crippen LogP contribution is -2.47. The number of anilines is 1. The lowest BCUT2D eigenvalue weighted by atomic mass is 10.2. The number of esters is 1. The molecule has 6 nitrogen and oxygen atoms in total. The van der Waals surface area contributed by atoms with E-state index in [1.807, 2.05) is 0 Å². The SMILES string of the molecule is CCOC(=O)c1ccc(N2CCCNS2(=O)=O)cc1. The van der Waals surface area contributed by atoms with Crippen LogP contribution < -0.4 is 9.03 Å². The highest BCUT2D eigenvalue weighted by Gasteiger charge is 2.25. The van der Waals surface area contributed by atoms with Gasteiger partial charge in [0.05, 0.1) is 17.9 Å². The Kier molecular flexibility index (Phi) is 4.06. The van der Waals surface area contributed by atoms with Crippen LogP contribution in [0.5, 0.6) is 0 Å². The lowest BCUT2D eigenvalue weighted by Gasteiger charge is -2.28. The minimum absolute atomic E-state index is 0.311. The van der Waals surface area contributed by atoms with Crippen molar-refractivity contribution in [1.82, 2.24) is 4.72 Å². The largest absolute Gasteiger partial charge is 0.462 e. The molecule has 0 amide bonds. The molecule has 1 aliphatic rings. The number of carbonyl (C=O) groups is 1. The second-order valence-electron chi connectivity index (χ2n) is 4.09. The van der Waals surface area contributed by atoms with Crippen LogP contribution in [0.25, 0.3) is 0 Å². The summed E-state index contributed by atoms with van der Waals surface area (Å²) < 4.78 is 32.3. The molecule has 0 aromatic heterocycles. The van der Waals surface area contributed by atoms with E-state index in [2.05, 4.69) is 4.72 Å². The van der Waals surface area contributed by atoms with Crippen LogP contribution in [0.4, 0.5) is 5.69 Å². The molecule has 0 spiro atoms. The molecule has 1 aromatic rings. The van der Waals surface area contributed by atoms with Gasteiger partial charge in [-0.1, -0.05) is 0 Å². The maximum atomic E-state index is 11.8. The van der Waals surface area contributed by atoms with E-state index in [1.165, 1.54) is 4.31 Å². The van der Waals surface area contributed by atoms with Crippen LogP contribution in [-0.2, 0) is 14.9 Å². The van der Waals surface area contributed by atoms with Gasteiger partial charge < -0.3 is 4.74 Å². The molecule has 1 aliphatic heterocycles. The average molecular weight is 284 g/mol. The number of ether oxygens (including phenoxy) is 1. The number of rotatable bonds is 3. The third kappa shape index (κ3) is 3.05. The maximum Gasteiger partial charge on any atom is 0.338 e. The smallest absolute Gasteiger partial charge is 0.338 e. The first kappa shape index (κ1) is 13.8. The topological polar surface area (TPSA) is 75.7 Å². The van der Waals surface area contributed by atoms with Crippen molar-refractivity contribution < 1.29 is 17.9 Å². The van der Waals surface area contributed by atoms with Gasteiger partial charge in [-0.05, 0) is 37.6 Å². The summed E-state index contributed by atoms with van der Waals surface area (Å²) in [4.78, 5) is 11.5. The molecule has 7 heteroatoms. The summed E-state index contributed by atoms with van der Waals surface area (Å²) in [7, 11) is -3.45. The Morgan fingerprint density at radius 2 is 2.05 bits per heavy atom. The maximum absolute atomic E-state index is 11.8. The van der Waals surface area contributed by atoms with Crippen molar-refractivity contribution >= 4 is 21.9 Å². The summed E-state index contributed by atoms with van der Waals surface area (Å²) >= 11 is 0. The van der Waals surface area contributed by atoms with E-state index in [4.69, 9.17) is 4.74 Å². The minimum atomic E-state index is -3.45. The zero-order chi connectivity index (χ0) is 13.9. The van der Waals surface area contributed by atoms with Gasteiger partial charge in [-0.3, -0.25) is 4.31 Å². The summed E-state index contributed by atoms with van der Waals surface area (Å²) in [5, 5.41) is 0. The molecule has 1 aromatic carbocycles. The average Bonchev–Trinajstić information content (AvgIpc) is 2.39. The number of nitrogens with one attached hydrogen (secondary N) is 1. The van der Waals surface area contributed by atoms with Gasteiger partial charge >= 0.3 is 16.2 Å². The first-order chi connectivity index (χ1) is 9.04. The molecule has 0 aliphatic carbocycles. The molecule has 0 radical (unpaired) electrons. The van der Waals surface area contributed by atoms with Crippen molar-refractivity contribution in [2.75, 3.05) is 24.0 Å². The predicted octanol–water partition coefficient (Wildman–Crippen LogP) is 0.908. The Hall–Kier alpha value is -1.60. The summed E-state index contributed by atoms with van der Waals surface area (Å²) in [5.74, 6) is -0.409. The summed E-state index contributed by atoms with van der Waals surface area (Å²) in [6.45, 7) is 2.94. The van der Waals surface area contributed by atoms with Crippen LogP contribution in [0.3, 0.4) is 0 Å². The van der Waals surface area contributed by atoms with Crippen molar-refractivity contribution in [3.8, 4) is 0 Å². The van der Waals surface area contributed by atoms with E-state index in [1.54, 1.807) is 31.2 Å². The Morgan fingerprint density at radius 3 is 2.63 bits per heavy atom. The molecular weight excluding hydrogens is 268 g/mol. The monoisotopic (exact) mass is 284 g/mol. The highest BCUT2D eigenvalue weighted by molar-refractivity contribution is 7.90. The number of carbonyl (C=O) groups excluding carboxylic acids is 1. The molecule has 19 heavy (non-hydrogen) atoms. The number of benzene rings is 1. The van der Waals surface area contributed by atoms with Crippen LogP contribution in [0.2, 0.25) is 0 Å². The molecule has 0 bridgehead atoms. The minimum Gasteiger partial charge on any atom is -0.462 e. The van der Waals surface area contributed by atoms with Crippen molar-refractivity contribution in [3.63, 3.8) is 0 Å². The van der Waals surface area contributed by atoms with E-state index >= 15 is 0 Å². The second kappa shape index (κ2) is 5.58. The van der Waals surface area contributed by atoms with Gasteiger partial charge in [0, 0.05) is 13.1 Å². The molecule has 1 fully saturated rings. The normalized spacial score (nSPS) is 18.1. The van der Waals surface area contributed by atoms with E-state index in [0.29, 0.717) is 30.9 Å². The molecule has 1 heterocycles. The first-order valence-electron chi connectivity index (χ1n) is 6.09. The lowest BCUT2D eigenvalue weighted by molar-refractivity contribution is 0.0526. The molecule has 2 rings (SSSR count). The fraction of sp³-hybridized carbons (Fsp3) is 0.417. The molecule has 1 saturated heterocycles. The van der Waals surface area contributed by atoms with Crippen LogP contribution in [0, 0.1) is 0 Å². The van der Waals surface area contributed by atoms with Crippen LogP contribution in [-0.4, -0.2) is 34.1 Å². The fourth-order valence-electron chi connectivity index (χ4n) is 1.87. The zero-order valence-electron chi connectivity index (χ0n) is 10.6. The summed E-state index contributed by atoms with van der Waals surface area (Å²) in [6.07, 6.45) is 0.749. The van der Waals surface area contributed by atoms with Crippen molar-refractivity contribution in [2.24, 2.45) is 0 Å². The fourth-order valence-corrected chi connectivity index (χ4v) is 3.19. The van der Waals surface area contributed by atoms with Crippen LogP contribution >= 0.6 is 0 Å². The van der Waals surface area contributed by atoms with E-state index in [-0.39, 0.29) is 0 Å². The van der Waals surface area contributed by atoms with Crippen molar-refractivity contribution in [3.05, 3.63) is 29.8 Å². The Bertz CT molecular complexity index is 554. The van der Waals surface area contributed by atoms with Crippen molar-refractivity contribution in [2.45, 2.75) is 13.3 Å². The third-order valence-corrected chi connectivity index (χ3v) is 4.32. The Balaban J connectivity index is 2.20. The molecule has 1 N–H and O–H groups in total. The molecule has 0 atom stereocenters. The predicted molar refractivity (Wildman–Crippen MR) is 71.3 cm³/mol. The van der Waals surface area contributed by atoms with E-state index in [0.717, 1.165) is 6.42 Å². The highest BCUT2D eigenvalue weighted by atomic mass is 32.2. The van der Waals surface area contributed by atoms with Crippen LogP contribution in [0.1, 0.15) is 23.7 Å². The van der Waals surface area contributed by atoms with Crippen molar-refractivity contribution in [1.29, 1.82) is 0 Å². The number of hydrogen-bond donors (Lipinski definition) is 1. The van der Waals surface area contributed by atoms with E-state index < -0.39 is 16.2 Å². The Morgan fingerprint density at radius 1 is 1.37 bits per heavy atom. The van der Waals surface area contributed by atoms with Gasteiger partial charge in [0.15, 0.2) is 0 Å². The van der Waals surface area contributed by atoms with Gasteiger partial charge in [-0.15, -0.1) is 0 Å². The molecule has 0 unspecified atom stereocenters. The summed E-state index contributed by atoms with van der Waals surface area (Å²) in [6, 6.07) is 6.35. The Labute approximate surface area is 112 Å². The van der Waals surface area contributed by atoms with E-state index in [9.17, 15) is 13.2 Å². The first-order valence-corrected chi connectivity index (χ1v) is 7.53. The van der Waals surface area contributed by atoms with Gasteiger partial charge in [0.2, 0.25) is 0 Å². The third-order valence-electron chi connectivity index (χ3n) is 2.78. The number of nitrogens with zero attached hydrogens (tertiary/aromatic N) is 1. The number of hydrogen-bond acceptors (Lipinski definition) is 4. The second-order valence-corrected chi connectivity index (χ2v) is 5.77. The molecule has 104 valence electrons. The molecular formula is C12H16N2O4S. The zero-order valence-corrected chi connectivity index (χ0v) is 11.4. The standard InChI is InChI=1S/C12H16N2O4S/c1-2-18-12(15)10-4-6-11(7-5-10)14-9-3-8-13-19(14,16)17/h4-7,13H,2-3,8-9H2,1H3. The summed E-state index contributed by atoms with van der Waals surface area (Å²) in [5.41, 5.74) is 0.952. The van der Waals surface area contributed by atoms with Gasteiger partial charge in [0.1, 0.15) is 0 Å². The van der Waals surface area contributed by atoms with Gasteiger partial charge in [0.25, 0.3) is 0 Å². The highest BCUT2D eigenvalue weighted by Crippen LogP contribution is 2.20. The van der Waals surface area contributed by atoms with Gasteiger partial charge in [-0.2, -0.15) is 13.1 Å². The van der Waals surface area contributed by atoms with Gasteiger partial charge in [-0.25, -0.2) is 4.79 Å². The molecule has 0 saturated carbocycles.